The lowest BCUT2D eigenvalue weighted by atomic mass is 10.5. The Labute approximate surface area is 89.7 Å². The van der Waals surface area contributed by atoms with E-state index in [4.69, 9.17) is 5.73 Å². The molecule has 90 valence electrons. The Morgan fingerprint density at radius 3 is 2.47 bits per heavy atom. The number of hydrogen-bond acceptors (Lipinski definition) is 5. The normalized spacial score (nSPS) is 11.5. The average molecular weight is 239 g/mol. The van der Waals surface area contributed by atoms with E-state index in [9.17, 15) is 13.2 Å². The zero-order valence-electron chi connectivity index (χ0n) is 8.89. The summed E-state index contributed by atoms with van der Waals surface area (Å²) < 4.78 is 30.1. The Kier molecular flexibility index (Phi) is 6.21. The summed E-state index contributed by atoms with van der Waals surface area (Å²) in [6.45, 7) is 2.50. The number of carbonyl (C=O) groups excluding carboxylic acids is 1. The molecule has 8 heteroatoms. The second-order valence-corrected chi connectivity index (χ2v) is 4.46. The number of amides is 1. The molecule has 0 spiro atoms. The number of rotatable bonds is 6. The molecule has 0 fully saturated rings. The number of hydrogen-bond donors (Lipinski definition) is 2. The van der Waals surface area contributed by atoms with Crippen LogP contribution < -0.4 is 10.5 Å². The van der Waals surface area contributed by atoms with E-state index >= 15 is 0 Å². The van der Waals surface area contributed by atoms with Gasteiger partial charge in [-0.2, -0.15) is 12.7 Å². The molecule has 0 aromatic rings. The van der Waals surface area contributed by atoms with E-state index in [1.54, 1.807) is 4.72 Å². The van der Waals surface area contributed by atoms with Gasteiger partial charge in [0.2, 0.25) is 0 Å². The van der Waals surface area contributed by atoms with Crippen molar-refractivity contribution in [3.63, 3.8) is 0 Å². The zero-order valence-corrected chi connectivity index (χ0v) is 9.71. The second kappa shape index (κ2) is 6.59. The van der Waals surface area contributed by atoms with Gasteiger partial charge in [-0.1, -0.05) is 6.92 Å². The largest absolute Gasteiger partial charge is 0.452 e. The number of methoxy groups -OCH3 is 1. The van der Waals surface area contributed by atoms with Gasteiger partial charge >= 0.3 is 16.3 Å². The van der Waals surface area contributed by atoms with Crippen LogP contribution in [0.2, 0.25) is 0 Å². The van der Waals surface area contributed by atoms with Crippen LogP contribution in [0.4, 0.5) is 4.79 Å². The second-order valence-electron chi connectivity index (χ2n) is 2.79. The van der Waals surface area contributed by atoms with E-state index in [1.165, 1.54) is 0 Å². The van der Waals surface area contributed by atoms with Crippen molar-refractivity contribution >= 4 is 16.3 Å². The Bertz CT molecular complexity index is 285. The molecule has 0 bridgehead atoms. The minimum Gasteiger partial charge on any atom is -0.452 e. The zero-order chi connectivity index (χ0) is 11.9. The fourth-order valence-corrected chi connectivity index (χ4v) is 2.15. The molecule has 3 N–H and O–H groups in total. The highest BCUT2D eigenvalue weighted by Crippen LogP contribution is 1.99. The van der Waals surface area contributed by atoms with Crippen LogP contribution in [-0.2, 0) is 14.9 Å². The van der Waals surface area contributed by atoms with E-state index in [0.29, 0.717) is 13.0 Å². The molecule has 7 nitrogen and oxygen atoms in total. The summed E-state index contributed by atoms with van der Waals surface area (Å²) in [6, 6.07) is 0. The van der Waals surface area contributed by atoms with E-state index in [2.05, 4.69) is 4.74 Å². The Hall–Kier alpha value is -0.860. The molecular weight excluding hydrogens is 222 g/mol. The van der Waals surface area contributed by atoms with Gasteiger partial charge in [0.05, 0.1) is 7.11 Å². The fraction of sp³-hybridized carbons (Fsp3) is 0.857. The lowest BCUT2D eigenvalue weighted by Crippen LogP contribution is -2.45. The average Bonchev–Trinajstić information content (AvgIpc) is 2.16. The van der Waals surface area contributed by atoms with Crippen molar-refractivity contribution in [1.82, 2.24) is 9.03 Å². The van der Waals surface area contributed by atoms with Gasteiger partial charge in [-0.25, -0.2) is 9.52 Å². The lowest BCUT2D eigenvalue weighted by Gasteiger charge is -2.20. The molecular formula is C7H17N3O4S. The highest BCUT2D eigenvalue weighted by Gasteiger charge is 2.22. The standard InChI is InChI=1S/C7H17N3O4S/c1-3-5-10(6-4-8)15(12,13)9-7(11)14-2/h3-6,8H2,1-2H3,(H,9,11). The minimum atomic E-state index is -3.83. The number of carbonyl (C=O) groups is 1. The van der Waals surface area contributed by atoms with Crippen LogP contribution in [0.25, 0.3) is 0 Å². The van der Waals surface area contributed by atoms with Gasteiger partial charge < -0.3 is 10.5 Å². The first-order chi connectivity index (χ1) is 6.97. The third kappa shape index (κ3) is 4.96. The van der Waals surface area contributed by atoms with Gasteiger partial charge in [0.1, 0.15) is 0 Å². The SMILES string of the molecule is CCCN(CCN)S(=O)(=O)NC(=O)OC. The van der Waals surface area contributed by atoms with Gasteiger partial charge in [-0.3, -0.25) is 0 Å². The maximum Gasteiger partial charge on any atom is 0.421 e. The van der Waals surface area contributed by atoms with Crippen molar-refractivity contribution in [1.29, 1.82) is 0 Å². The number of nitrogens with two attached hydrogens (primary N) is 1. The molecule has 0 aromatic heterocycles. The predicted octanol–water partition coefficient (Wildman–Crippen LogP) is -0.742. The van der Waals surface area contributed by atoms with Gasteiger partial charge in [0, 0.05) is 19.6 Å². The summed E-state index contributed by atoms with van der Waals surface area (Å²) in [4.78, 5) is 10.8. The number of ether oxygens (including phenoxy) is 1. The van der Waals surface area contributed by atoms with Crippen molar-refractivity contribution in [2.75, 3.05) is 26.7 Å². The van der Waals surface area contributed by atoms with Crippen LogP contribution in [0.5, 0.6) is 0 Å². The first-order valence-electron chi connectivity index (χ1n) is 4.53. The molecule has 15 heavy (non-hydrogen) atoms. The smallest absolute Gasteiger partial charge is 0.421 e. The maximum absolute atomic E-state index is 11.5. The first-order valence-corrected chi connectivity index (χ1v) is 5.97. The van der Waals surface area contributed by atoms with Crippen molar-refractivity contribution < 1.29 is 17.9 Å². The third-order valence-corrected chi connectivity index (χ3v) is 3.06. The van der Waals surface area contributed by atoms with Crippen molar-refractivity contribution in [3.8, 4) is 0 Å². The van der Waals surface area contributed by atoms with E-state index in [-0.39, 0.29) is 13.1 Å². The minimum absolute atomic E-state index is 0.167. The Morgan fingerprint density at radius 2 is 2.07 bits per heavy atom. The summed E-state index contributed by atoms with van der Waals surface area (Å²) in [7, 11) is -2.73. The maximum atomic E-state index is 11.5. The summed E-state index contributed by atoms with van der Waals surface area (Å²) in [5, 5.41) is 0. The summed E-state index contributed by atoms with van der Waals surface area (Å²) in [5.41, 5.74) is 5.27. The Morgan fingerprint density at radius 1 is 1.47 bits per heavy atom. The summed E-state index contributed by atoms with van der Waals surface area (Å²) in [6.07, 6.45) is -0.365. The highest BCUT2D eigenvalue weighted by molar-refractivity contribution is 7.87. The van der Waals surface area contributed by atoms with Crippen LogP contribution in [0.3, 0.4) is 0 Å². The fourth-order valence-electron chi connectivity index (χ4n) is 0.957. The van der Waals surface area contributed by atoms with Gasteiger partial charge in [-0.15, -0.1) is 0 Å². The molecule has 0 aliphatic heterocycles. The van der Waals surface area contributed by atoms with Gasteiger partial charge in [0.15, 0.2) is 0 Å². The Balaban J connectivity index is 4.56. The van der Waals surface area contributed by atoms with E-state index in [0.717, 1.165) is 11.4 Å². The van der Waals surface area contributed by atoms with Crippen molar-refractivity contribution in [2.24, 2.45) is 5.73 Å². The van der Waals surface area contributed by atoms with Crippen LogP contribution >= 0.6 is 0 Å². The topological polar surface area (TPSA) is 102 Å². The van der Waals surface area contributed by atoms with Crippen molar-refractivity contribution in [3.05, 3.63) is 0 Å². The molecule has 0 aromatic carbocycles. The van der Waals surface area contributed by atoms with Gasteiger partial charge in [0.25, 0.3) is 0 Å². The molecule has 0 aliphatic carbocycles. The lowest BCUT2D eigenvalue weighted by molar-refractivity contribution is 0.177. The first kappa shape index (κ1) is 14.1. The molecule has 0 rings (SSSR count). The monoisotopic (exact) mass is 239 g/mol. The third-order valence-electron chi connectivity index (χ3n) is 1.59. The molecule has 0 heterocycles. The molecule has 0 radical (unpaired) electrons. The van der Waals surface area contributed by atoms with Crippen molar-refractivity contribution in [2.45, 2.75) is 13.3 Å². The summed E-state index contributed by atoms with van der Waals surface area (Å²) >= 11 is 0. The van der Waals surface area contributed by atoms with E-state index < -0.39 is 16.3 Å². The highest BCUT2D eigenvalue weighted by atomic mass is 32.2. The molecule has 0 aliphatic rings. The molecule has 0 saturated carbocycles. The van der Waals surface area contributed by atoms with Crippen LogP contribution in [0.15, 0.2) is 0 Å². The number of nitrogens with one attached hydrogen (secondary N) is 1. The molecule has 0 unspecified atom stereocenters. The molecule has 0 saturated heterocycles. The summed E-state index contributed by atoms with van der Waals surface area (Å²) in [5.74, 6) is 0. The molecule has 0 atom stereocenters. The predicted molar refractivity (Wildman–Crippen MR) is 55.4 cm³/mol. The van der Waals surface area contributed by atoms with Crippen LogP contribution in [0.1, 0.15) is 13.3 Å². The van der Waals surface area contributed by atoms with E-state index in [1.807, 2.05) is 6.92 Å². The van der Waals surface area contributed by atoms with Crippen LogP contribution in [0, 0.1) is 0 Å². The number of nitrogens with zero attached hydrogens (tertiary/aromatic N) is 1. The van der Waals surface area contributed by atoms with Gasteiger partial charge in [-0.05, 0) is 6.42 Å². The molecule has 1 amide bonds. The van der Waals surface area contributed by atoms with Crippen LogP contribution in [-0.4, -0.2) is 45.6 Å². The quantitative estimate of drug-likeness (QED) is 0.635.